The number of nitrogens with one attached hydrogen (secondary N) is 2. The summed E-state index contributed by atoms with van der Waals surface area (Å²) < 4.78 is 0. The molecule has 2 rings (SSSR count). The van der Waals surface area contributed by atoms with Gasteiger partial charge >= 0.3 is 11.9 Å². The van der Waals surface area contributed by atoms with Gasteiger partial charge in [0.1, 0.15) is 0 Å². The van der Waals surface area contributed by atoms with E-state index in [4.69, 9.17) is 10.2 Å². The molecule has 100 valence electrons. The summed E-state index contributed by atoms with van der Waals surface area (Å²) in [6, 6.07) is 3.85. The van der Waals surface area contributed by atoms with Gasteiger partial charge in [0, 0.05) is 18.8 Å². The minimum absolute atomic E-state index is 0.0844. The fraction of sp³-hybridized carbons (Fsp3) is 0.250. The molecule has 4 N–H and O–H groups in total. The summed E-state index contributed by atoms with van der Waals surface area (Å²) in [6.07, 6.45) is 0.931. The largest absolute Gasteiger partial charge is 0.478 e. The standard InChI is InChI=1S/C12H13N3O4/c16-10(17)7-4-8(11(18)19)6-9(5-7)15-12-13-2-1-3-14-12/h4-6H,1-3H2,(H,16,17)(H,18,19)(H2,13,14,15). The number of hydrogen-bond acceptors (Lipinski definition) is 5. The molecule has 0 aliphatic carbocycles. The molecule has 7 heteroatoms. The Morgan fingerprint density at radius 2 is 1.79 bits per heavy atom. The van der Waals surface area contributed by atoms with E-state index in [0.717, 1.165) is 19.0 Å². The fourth-order valence-corrected chi connectivity index (χ4v) is 1.70. The Morgan fingerprint density at radius 1 is 1.16 bits per heavy atom. The lowest BCUT2D eigenvalue weighted by molar-refractivity contribution is 0.0696. The first-order chi connectivity index (χ1) is 9.06. The molecule has 19 heavy (non-hydrogen) atoms. The fourth-order valence-electron chi connectivity index (χ4n) is 1.70. The Bertz CT molecular complexity index is 522. The van der Waals surface area contributed by atoms with E-state index in [0.29, 0.717) is 18.2 Å². The van der Waals surface area contributed by atoms with Crippen LogP contribution in [0, 0.1) is 0 Å². The number of aromatic carboxylic acids is 2. The van der Waals surface area contributed by atoms with Crippen LogP contribution in [0.25, 0.3) is 0 Å². The lowest BCUT2D eigenvalue weighted by Crippen LogP contribution is -2.35. The Labute approximate surface area is 109 Å². The minimum atomic E-state index is -1.18. The average Bonchev–Trinajstić information content (AvgIpc) is 2.39. The summed E-state index contributed by atoms with van der Waals surface area (Å²) in [5, 5.41) is 23.8. The van der Waals surface area contributed by atoms with Crippen molar-refractivity contribution in [3.63, 3.8) is 0 Å². The van der Waals surface area contributed by atoms with Crippen molar-refractivity contribution in [3.8, 4) is 0 Å². The molecule has 0 atom stereocenters. The van der Waals surface area contributed by atoms with Crippen LogP contribution in [-0.4, -0.2) is 41.2 Å². The number of hydrogen-bond donors (Lipinski definition) is 4. The molecule has 0 saturated carbocycles. The number of anilines is 1. The average molecular weight is 263 g/mol. The SMILES string of the molecule is O=C(O)c1cc(NC2=NCCCN2)cc(C(=O)O)c1. The van der Waals surface area contributed by atoms with E-state index in [-0.39, 0.29) is 11.1 Å². The number of carbonyl (C=O) groups is 2. The van der Waals surface area contributed by atoms with Gasteiger partial charge in [0.15, 0.2) is 5.96 Å². The highest BCUT2D eigenvalue weighted by Crippen LogP contribution is 2.15. The van der Waals surface area contributed by atoms with Crippen molar-refractivity contribution in [1.29, 1.82) is 0 Å². The minimum Gasteiger partial charge on any atom is -0.478 e. The van der Waals surface area contributed by atoms with Crippen molar-refractivity contribution in [3.05, 3.63) is 29.3 Å². The molecule has 0 fully saturated rings. The van der Waals surface area contributed by atoms with Gasteiger partial charge in [-0.05, 0) is 24.6 Å². The van der Waals surface area contributed by atoms with Gasteiger partial charge in [0.05, 0.1) is 11.1 Å². The topological polar surface area (TPSA) is 111 Å². The second kappa shape index (κ2) is 5.38. The van der Waals surface area contributed by atoms with Crippen molar-refractivity contribution in [2.45, 2.75) is 6.42 Å². The zero-order chi connectivity index (χ0) is 13.8. The molecule has 0 aromatic heterocycles. The lowest BCUT2D eigenvalue weighted by Gasteiger charge is -2.16. The first-order valence-corrected chi connectivity index (χ1v) is 5.73. The quantitative estimate of drug-likeness (QED) is 0.643. The first kappa shape index (κ1) is 12.9. The molecule has 0 spiro atoms. The van der Waals surface area contributed by atoms with E-state index in [1.54, 1.807) is 0 Å². The molecule has 1 heterocycles. The van der Waals surface area contributed by atoms with Crippen LogP contribution in [0.1, 0.15) is 27.1 Å². The molecule has 0 bridgehead atoms. The number of nitrogens with zero attached hydrogens (tertiary/aromatic N) is 1. The highest BCUT2D eigenvalue weighted by atomic mass is 16.4. The van der Waals surface area contributed by atoms with Crippen LogP contribution < -0.4 is 10.6 Å². The predicted octanol–water partition coefficient (Wildman–Crippen LogP) is 0.844. The third-order valence-electron chi connectivity index (χ3n) is 2.59. The summed E-state index contributed by atoms with van der Waals surface area (Å²) in [5.41, 5.74) is 0.211. The number of aliphatic imine (C=N–C) groups is 1. The smallest absolute Gasteiger partial charge is 0.335 e. The maximum atomic E-state index is 11.0. The van der Waals surface area contributed by atoms with Gasteiger partial charge in [0.25, 0.3) is 0 Å². The number of carboxylic acid groups (broad SMARTS) is 2. The van der Waals surface area contributed by atoms with Gasteiger partial charge < -0.3 is 20.8 Å². The summed E-state index contributed by atoms with van der Waals surface area (Å²) in [7, 11) is 0. The van der Waals surface area contributed by atoms with Crippen molar-refractivity contribution >= 4 is 23.6 Å². The van der Waals surface area contributed by atoms with E-state index < -0.39 is 11.9 Å². The summed E-state index contributed by atoms with van der Waals surface area (Å²) in [4.78, 5) is 26.1. The van der Waals surface area contributed by atoms with E-state index in [1.165, 1.54) is 12.1 Å². The predicted molar refractivity (Wildman–Crippen MR) is 68.9 cm³/mol. The van der Waals surface area contributed by atoms with Crippen molar-refractivity contribution in [1.82, 2.24) is 5.32 Å². The molecule has 0 saturated heterocycles. The van der Waals surface area contributed by atoms with Gasteiger partial charge in [-0.2, -0.15) is 0 Å². The number of rotatable bonds is 3. The van der Waals surface area contributed by atoms with Crippen LogP contribution in [0.4, 0.5) is 5.69 Å². The van der Waals surface area contributed by atoms with Crippen molar-refractivity contribution in [2.75, 3.05) is 18.4 Å². The highest BCUT2D eigenvalue weighted by Gasteiger charge is 2.12. The van der Waals surface area contributed by atoms with E-state index in [2.05, 4.69) is 15.6 Å². The molecule has 0 radical (unpaired) electrons. The zero-order valence-corrected chi connectivity index (χ0v) is 10.0. The molecular weight excluding hydrogens is 250 g/mol. The highest BCUT2D eigenvalue weighted by molar-refractivity contribution is 5.99. The summed E-state index contributed by atoms with van der Waals surface area (Å²) >= 11 is 0. The van der Waals surface area contributed by atoms with Crippen LogP contribution in [-0.2, 0) is 0 Å². The van der Waals surface area contributed by atoms with Gasteiger partial charge in [-0.1, -0.05) is 0 Å². The maximum absolute atomic E-state index is 11.0. The maximum Gasteiger partial charge on any atom is 0.335 e. The van der Waals surface area contributed by atoms with E-state index in [1.807, 2.05) is 0 Å². The molecule has 1 aliphatic heterocycles. The molecule has 0 unspecified atom stereocenters. The Morgan fingerprint density at radius 3 is 2.26 bits per heavy atom. The van der Waals surface area contributed by atoms with Crippen LogP contribution in [0.5, 0.6) is 0 Å². The second-order valence-electron chi connectivity index (χ2n) is 4.05. The lowest BCUT2D eigenvalue weighted by atomic mass is 10.1. The molecule has 1 aromatic carbocycles. The molecule has 1 aliphatic rings. The monoisotopic (exact) mass is 263 g/mol. The molecule has 1 aromatic rings. The Hall–Kier alpha value is -2.57. The summed E-state index contributed by atoms with van der Waals surface area (Å²) in [5.74, 6) is -1.83. The zero-order valence-electron chi connectivity index (χ0n) is 10.0. The normalized spacial score (nSPS) is 14.2. The number of guanidine groups is 1. The second-order valence-corrected chi connectivity index (χ2v) is 4.05. The Balaban J connectivity index is 2.30. The number of carboxylic acids is 2. The van der Waals surface area contributed by atoms with Crippen LogP contribution in [0.2, 0.25) is 0 Å². The molecule has 7 nitrogen and oxygen atoms in total. The third-order valence-corrected chi connectivity index (χ3v) is 2.59. The first-order valence-electron chi connectivity index (χ1n) is 5.73. The van der Waals surface area contributed by atoms with Crippen molar-refractivity contribution < 1.29 is 19.8 Å². The summed E-state index contributed by atoms with van der Waals surface area (Å²) in [6.45, 7) is 1.45. The van der Waals surface area contributed by atoms with Gasteiger partial charge in [0.2, 0.25) is 0 Å². The Kier molecular flexibility index (Phi) is 3.65. The van der Waals surface area contributed by atoms with Crippen LogP contribution in [0.3, 0.4) is 0 Å². The van der Waals surface area contributed by atoms with Gasteiger partial charge in [-0.25, -0.2) is 9.59 Å². The molecule has 0 amide bonds. The molecular formula is C12H13N3O4. The number of benzene rings is 1. The van der Waals surface area contributed by atoms with E-state index in [9.17, 15) is 9.59 Å². The van der Waals surface area contributed by atoms with Crippen LogP contribution >= 0.6 is 0 Å². The third kappa shape index (κ3) is 3.21. The van der Waals surface area contributed by atoms with E-state index >= 15 is 0 Å². The van der Waals surface area contributed by atoms with Crippen molar-refractivity contribution in [2.24, 2.45) is 4.99 Å². The van der Waals surface area contributed by atoms with Gasteiger partial charge in [-0.3, -0.25) is 4.99 Å². The van der Waals surface area contributed by atoms with Crippen LogP contribution in [0.15, 0.2) is 23.2 Å². The van der Waals surface area contributed by atoms with Gasteiger partial charge in [-0.15, -0.1) is 0 Å².